The quantitative estimate of drug-likeness (QED) is 0.147. The molecule has 6 aliphatic rings. The monoisotopic (exact) mass is 897 g/mol. The molecule has 0 aliphatic carbocycles. The second-order valence-corrected chi connectivity index (χ2v) is 30.0. The first-order chi connectivity index (χ1) is 28.0. The van der Waals surface area contributed by atoms with Crippen LogP contribution in [-0.4, -0.2) is 37.6 Å². The van der Waals surface area contributed by atoms with Crippen LogP contribution in [0.2, 0.25) is 9.88 Å². The van der Waals surface area contributed by atoms with E-state index in [0.29, 0.717) is 0 Å². The van der Waals surface area contributed by atoms with Gasteiger partial charge in [-0.2, -0.15) is 0 Å². The van der Waals surface area contributed by atoms with Gasteiger partial charge < -0.3 is 4.81 Å². The van der Waals surface area contributed by atoms with Gasteiger partial charge in [0.1, 0.15) is 0 Å². The fourth-order valence-corrected chi connectivity index (χ4v) is 20.8. The topological polar surface area (TPSA) is 6.48 Å². The van der Waals surface area contributed by atoms with Crippen molar-refractivity contribution in [2.24, 2.45) is 0 Å². The number of nitrogens with zero attached hydrogens (tertiary/aromatic N) is 2. The number of halogens is 1. The van der Waals surface area contributed by atoms with Crippen LogP contribution in [0.3, 0.4) is 0 Å². The van der Waals surface area contributed by atoms with E-state index < -0.39 is 18.4 Å². The SMILES string of the molecule is BrB1c2cccc3c2N2B(c4ccccc4-3)c3ccccc3-c3cccc1c32.[2HH].[CH3][Sn]1([CH3])[c]2cccc3c2N2B(c4ccccc4-3)c3ccccc3-c3ccc[c]1c32. The molecule has 0 saturated heterocycles. The zero-order chi connectivity index (χ0) is 37.7. The maximum absolute atomic E-state index is 4.03. The van der Waals surface area contributed by atoms with Gasteiger partial charge in [0.2, 0.25) is 0 Å². The third kappa shape index (κ3) is 4.15. The Labute approximate surface area is 348 Å². The van der Waals surface area contributed by atoms with Crippen LogP contribution in [0.5, 0.6) is 0 Å². The Kier molecular flexibility index (Phi) is 6.75. The Morgan fingerprint density at radius 1 is 0.351 bits per heavy atom. The average molecular weight is 897 g/mol. The molecule has 0 saturated carbocycles. The molecule has 0 spiro atoms. The van der Waals surface area contributed by atoms with Crippen LogP contribution >= 0.6 is 15.8 Å². The molecule has 0 atom stereocenters. The van der Waals surface area contributed by atoms with E-state index in [0.717, 1.165) is 0 Å². The number of fused-ring (bicyclic) bond motifs is 12. The van der Waals surface area contributed by atoms with Gasteiger partial charge in [0.05, 0.1) is 0 Å². The van der Waals surface area contributed by atoms with Gasteiger partial charge in [0.15, 0.2) is 0 Å². The van der Waals surface area contributed by atoms with E-state index in [1.54, 1.807) is 7.16 Å². The summed E-state index contributed by atoms with van der Waals surface area (Å²) in [6, 6.07) is 63.6. The Morgan fingerprint density at radius 3 is 1.02 bits per heavy atom. The van der Waals surface area contributed by atoms with Gasteiger partial charge in [0, 0.05) is 23.9 Å². The standard InChI is InChI=1S/C24H14B2BrN.C24H14BN.2CH3.Sn.H2/c27-25-21-13-5-9-17-15-7-1-3-11-19(15)26-20-12-4-2-8-16(20)18-10-6-14-22(25)24(18)28(26)23(17)21;1-5-13-21-17(9-1)19-11-3-7-15-23(19)26-24-16-8-4-12-20(24)18-10-2-6-14-22(18)25(21)26;;;;/h1-14H;1-14H;2*1H3;;1H/i;;;;;1+1. The van der Waals surface area contributed by atoms with Crippen LogP contribution in [0.15, 0.2) is 170 Å². The first-order valence-corrected chi connectivity index (χ1v) is 29.6. The minimum absolute atomic E-state index is 0. The van der Waals surface area contributed by atoms with Gasteiger partial charge >= 0.3 is 183 Å². The van der Waals surface area contributed by atoms with Gasteiger partial charge in [-0.15, -0.1) is 15.8 Å². The first-order valence-electron chi connectivity index (χ1n) is 20.1. The van der Waals surface area contributed by atoms with E-state index >= 15 is 0 Å². The van der Waals surface area contributed by atoms with Crippen molar-refractivity contribution in [3.63, 3.8) is 0 Å². The zero-order valence-electron chi connectivity index (χ0n) is 31.7. The van der Waals surface area contributed by atoms with E-state index in [-0.39, 0.29) is 20.7 Å². The van der Waals surface area contributed by atoms with Crippen molar-refractivity contribution < 1.29 is 1.43 Å². The number of benzene rings is 8. The summed E-state index contributed by atoms with van der Waals surface area (Å²) in [6.45, 7) is 0.474. The zero-order valence-corrected chi connectivity index (χ0v) is 36.1. The summed E-state index contributed by atoms with van der Waals surface area (Å²) in [5, 5.41) is 0. The normalized spacial score (nSPS) is 15.2. The Morgan fingerprint density at radius 2 is 0.632 bits per heavy atom. The van der Waals surface area contributed by atoms with Crippen molar-refractivity contribution in [2.75, 3.05) is 9.62 Å². The molecular formula is C50H36B3BrN2Sn. The maximum atomic E-state index is 4.03. The van der Waals surface area contributed by atoms with Gasteiger partial charge in [0.25, 0.3) is 5.54 Å². The van der Waals surface area contributed by atoms with Crippen LogP contribution in [0.4, 0.5) is 22.7 Å². The van der Waals surface area contributed by atoms with Crippen LogP contribution in [0.25, 0.3) is 44.5 Å². The second-order valence-electron chi connectivity index (χ2n) is 16.8. The number of para-hydroxylation sites is 4. The van der Waals surface area contributed by atoms with E-state index in [9.17, 15) is 0 Å². The van der Waals surface area contributed by atoms with E-state index in [1.807, 2.05) is 0 Å². The van der Waals surface area contributed by atoms with E-state index in [2.05, 4.69) is 205 Å². The first kappa shape index (κ1) is 32.9. The summed E-state index contributed by atoms with van der Waals surface area (Å²) in [5.74, 6) is 0. The molecule has 0 bridgehead atoms. The van der Waals surface area contributed by atoms with Crippen molar-refractivity contribution in [3.05, 3.63) is 170 Å². The fourth-order valence-electron chi connectivity index (χ4n) is 11.4. The van der Waals surface area contributed by atoms with Crippen LogP contribution in [0, 0.1) is 0 Å². The molecule has 0 N–H and O–H groups in total. The van der Waals surface area contributed by atoms with E-state index in [4.69, 9.17) is 0 Å². The van der Waals surface area contributed by atoms with Crippen LogP contribution in [-0.2, 0) is 0 Å². The number of hydrogen-bond acceptors (Lipinski definition) is 2. The molecule has 266 valence electrons. The van der Waals surface area contributed by atoms with Crippen LogP contribution in [0.1, 0.15) is 1.43 Å². The molecule has 7 heteroatoms. The summed E-state index contributed by atoms with van der Waals surface area (Å²) < 4.78 is 3.28. The molecule has 0 unspecified atom stereocenters. The third-order valence-corrected chi connectivity index (χ3v) is 24.7. The molecule has 8 aromatic rings. The number of rotatable bonds is 0. The van der Waals surface area contributed by atoms with Crippen molar-refractivity contribution in [1.29, 1.82) is 0 Å². The second kappa shape index (κ2) is 11.7. The van der Waals surface area contributed by atoms with Crippen molar-refractivity contribution >= 4 is 116 Å². The molecule has 6 aliphatic heterocycles. The number of hydrogen-bond donors (Lipinski definition) is 0. The molecule has 6 heterocycles. The Bertz CT molecular complexity index is 2900. The summed E-state index contributed by atoms with van der Waals surface area (Å²) in [6.07, 6.45) is 0. The van der Waals surface area contributed by atoms with Crippen molar-refractivity contribution in [1.82, 2.24) is 0 Å². The van der Waals surface area contributed by atoms with Crippen molar-refractivity contribution in [3.8, 4) is 44.5 Å². The summed E-state index contributed by atoms with van der Waals surface area (Å²) in [5.41, 5.74) is 25.3. The molecular weight excluding hydrogens is 860 g/mol. The number of anilines is 4. The summed E-state index contributed by atoms with van der Waals surface area (Å²) in [7, 11) is 0. The van der Waals surface area contributed by atoms with E-state index in [1.165, 1.54) is 100 Å². The molecule has 0 aromatic heterocycles. The Balaban J connectivity index is 0.000000124. The molecule has 57 heavy (non-hydrogen) atoms. The predicted molar refractivity (Wildman–Crippen MR) is 255 cm³/mol. The molecule has 0 amide bonds. The van der Waals surface area contributed by atoms with Crippen molar-refractivity contribution in [2.45, 2.75) is 9.88 Å². The molecule has 14 rings (SSSR count). The molecule has 0 fully saturated rings. The van der Waals surface area contributed by atoms with Gasteiger partial charge in [-0.05, 0) is 33.0 Å². The predicted octanol–water partition coefficient (Wildman–Crippen LogP) is 7.38. The van der Waals surface area contributed by atoms with Crippen LogP contribution < -0.4 is 49.6 Å². The molecule has 2 nitrogen and oxygen atoms in total. The van der Waals surface area contributed by atoms with Gasteiger partial charge in [-0.25, -0.2) is 0 Å². The molecule has 8 aromatic carbocycles. The van der Waals surface area contributed by atoms with Gasteiger partial charge in [-0.3, -0.25) is 0 Å². The molecule has 0 radical (unpaired) electrons. The summed E-state index contributed by atoms with van der Waals surface area (Å²) >= 11 is 1.33. The fraction of sp³-hybridized carbons (Fsp3) is 0.0400. The Hall–Kier alpha value is -5.17. The minimum atomic E-state index is -2.70. The third-order valence-electron chi connectivity index (χ3n) is 13.8. The summed E-state index contributed by atoms with van der Waals surface area (Å²) in [4.78, 5) is 10.5. The van der Waals surface area contributed by atoms with Gasteiger partial charge in [-0.1, -0.05) is 84.9 Å². The average Bonchev–Trinajstić information content (AvgIpc) is 3.27.